The Balaban J connectivity index is 1.41. The van der Waals surface area contributed by atoms with Crippen molar-refractivity contribution < 1.29 is 9.59 Å². The number of aryl methyl sites for hydroxylation is 1. The van der Waals surface area contributed by atoms with Crippen LogP contribution in [0.4, 0.5) is 5.69 Å². The van der Waals surface area contributed by atoms with Crippen LogP contribution in [0.3, 0.4) is 0 Å². The van der Waals surface area contributed by atoms with Gasteiger partial charge in [0.25, 0.3) is 5.91 Å². The van der Waals surface area contributed by atoms with Gasteiger partial charge in [0.15, 0.2) is 0 Å². The molecule has 1 saturated heterocycles. The molecule has 4 rings (SSSR count). The van der Waals surface area contributed by atoms with E-state index >= 15 is 0 Å². The number of likely N-dealkylation sites (tertiary alicyclic amines) is 1. The molecule has 2 aliphatic rings. The van der Waals surface area contributed by atoms with E-state index in [9.17, 15) is 9.59 Å². The maximum absolute atomic E-state index is 13.0. The minimum Gasteiger partial charge on any atom is -0.338 e. The summed E-state index contributed by atoms with van der Waals surface area (Å²) in [5.74, 6) is 0.359. The van der Waals surface area contributed by atoms with E-state index in [4.69, 9.17) is 0 Å². The van der Waals surface area contributed by atoms with E-state index in [-0.39, 0.29) is 17.7 Å². The first-order valence-electron chi connectivity index (χ1n) is 8.96. The van der Waals surface area contributed by atoms with E-state index < -0.39 is 0 Å². The Morgan fingerprint density at radius 3 is 2.56 bits per heavy atom. The zero-order valence-electron chi connectivity index (χ0n) is 14.2. The van der Waals surface area contributed by atoms with Gasteiger partial charge < -0.3 is 9.80 Å². The molecule has 0 radical (unpaired) electrons. The van der Waals surface area contributed by atoms with Crippen molar-refractivity contribution in [2.45, 2.75) is 25.7 Å². The van der Waals surface area contributed by atoms with Crippen molar-refractivity contribution in [1.29, 1.82) is 0 Å². The number of carbonyl (C=O) groups is 2. The van der Waals surface area contributed by atoms with E-state index in [1.54, 1.807) is 0 Å². The molecule has 3 heterocycles. The molecule has 0 saturated carbocycles. The number of piperidine rings is 1. The minimum atomic E-state index is 0.0264. The summed E-state index contributed by atoms with van der Waals surface area (Å²) >= 11 is 1.48. The molecule has 0 aliphatic carbocycles. The van der Waals surface area contributed by atoms with Crippen LogP contribution in [0.15, 0.2) is 41.8 Å². The van der Waals surface area contributed by atoms with Gasteiger partial charge in [-0.1, -0.05) is 24.3 Å². The van der Waals surface area contributed by atoms with Crippen molar-refractivity contribution in [2.75, 3.05) is 24.5 Å². The number of carbonyl (C=O) groups excluding carboxylic acids is 2. The second kappa shape index (κ2) is 7.00. The van der Waals surface area contributed by atoms with Gasteiger partial charge in [0.1, 0.15) is 0 Å². The standard InChI is InChI=1S/C20H22N2O2S/c23-19(22-11-3-6-15-5-1-2-7-17(15)22)16-9-12-21(13-10-16)20(24)18-8-4-14-25-18/h1-2,4-5,7-8,14,16H,3,6,9-13H2. The van der Waals surface area contributed by atoms with E-state index in [0.717, 1.165) is 42.8 Å². The normalized spacial score (nSPS) is 18.1. The molecule has 2 aromatic rings. The highest BCUT2D eigenvalue weighted by atomic mass is 32.1. The molecule has 1 fully saturated rings. The van der Waals surface area contributed by atoms with Gasteiger partial charge >= 0.3 is 0 Å². The average molecular weight is 354 g/mol. The van der Waals surface area contributed by atoms with E-state index in [0.29, 0.717) is 13.1 Å². The second-order valence-corrected chi connectivity index (χ2v) is 7.71. The molecule has 0 bridgehead atoms. The lowest BCUT2D eigenvalue weighted by atomic mass is 9.93. The van der Waals surface area contributed by atoms with Crippen LogP contribution < -0.4 is 4.90 Å². The number of hydrogen-bond acceptors (Lipinski definition) is 3. The molecule has 1 aromatic heterocycles. The van der Waals surface area contributed by atoms with Crippen LogP contribution in [-0.4, -0.2) is 36.3 Å². The molecule has 2 aliphatic heterocycles. The summed E-state index contributed by atoms with van der Waals surface area (Å²) in [6, 6.07) is 12.0. The number of thiophene rings is 1. The quantitative estimate of drug-likeness (QED) is 0.827. The van der Waals surface area contributed by atoms with Crippen molar-refractivity contribution in [3.63, 3.8) is 0 Å². The second-order valence-electron chi connectivity index (χ2n) is 6.77. The third-order valence-electron chi connectivity index (χ3n) is 5.24. The van der Waals surface area contributed by atoms with Crippen LogP contribution in [0.2, 0.25) is 0 Å². The first kappa shape index (κ1) is 16.3. The lowest BCUT2D eigenvalue weighted by Gasteiger charge is -2.36. The van der Waals surface area contributed by atoms with Crippen LogP contribution >= 0.6 is 11.3 Å². The van der Waals surface area contributed by atoms with E-state index in [1.807, 2.05) is 39.4 Å². The van der Waals surface area contributed by atoms with Crippen molar-refractivity contribution in [3.8, 4) is 0 Å². The van der Waals surface area contributed by atoms with Gasteiger partial charge in [-0.2, -0.15) is 0 Å². The molecule has 0 unspecified atom stereocenters. The SMILES string of the molecule is O=C(c1cccs1)N1CCC(C(=O)N2CCCc3ccccc32)CC1. The maximum atomic E-state index is 13.0. The van der Waals surface area contributed by atoms with Crippen molar-refractivity contribution >= 4 is 28.8 Å². The van der Waals surface area contributed by atoms with Gasteiger partial charge in [-0.3, -0.25) is 9.59 Å². The Hall–Kier alpha value is -2.14. The molecule has 2 amide bonds. The molecule has 5 heteroatoms. The van der Waals surface area contributed by atoms with Gasteiger partial charge in [-0.05, 0) is 48.8 Å². The van der Waals surface area contributed by atoms with E-state index in [2.05, 4.69) is 12.1 Å². The number of rotatable bonds is 2. The molecule has 0 N–H and O–H groups in total. The topological polar surface area (TPSA) is 40.6 Å². The molecular weight excluding hydrogens is 332 g/mol. The van der Waals surface area contributed by atoms with Gasteiger partial charge in [-0.25, -0.2) is 0 Å². The minimum absolute atomic E-state index is 0.0264. The zero-order valence-corrected chi connectivity index (χ0v) is 15.0. The Morgan fingerprint density at radius 1 is 1.00 bits per heavy atom. The third-order valence-corrected chi connectivity index (χ3v) is 6.10. The molecule has 0 spiro atoms. The van der Waals surface area contributed by atoms with Crippen LogP contribution in [0, 0.1) is 5.92 Å². The molecule has 25 heavy (non-hydrogen) atoms. The molecule has 4 nitrogen and oxygen atoms in total. The predicted molar refractivity (Wildman–Crippen MR) is 100 cm³/mol. The molecular formula is C20H22N2O2S. The molecule has 130 valence electrons. The van der Waals surface area contributed by atoms with Crippen LogP contribution in [-0.2, 0) is 11.2 Å². The van der Waals surface area contributed by atoms with Crippen LogP contribution in [0.25, 0.3) is 0 Å². The Morgan fingerprint density at radius 2 is 1.80 bits per heavy atom. The lowest BCUT2D eigenvalue weighted by Crippen LogP contribution is -2.45. The third kappa shape index (κ3) is 3.21. The Kier molecular flexibility index (Phi) is 4.57. The van der Waals surface area contributed by atoms with Crippen molar-refractivity contribution in [1.82, 2.24) is 4.90 Å². The monoisotopic (exact) mass is 354 g/mol. The van der Waals surface area contributed by atoms with Gasteiger partial charge in [0.05, 0.1) is 4.88 Å². The summed E-state index contributed by atoms with van der Waals surface area (Å²) in [7, 11) is 0. The predicted octanol–water partition coefficient (Wildman–Crippen LogP) is 3.58. The van der Waals surface area contributed by atoms with Gasteiger partial charge in [0, 0.05) is 31.2 Å². The number of amides is 2. The number of para-hydroxylation sites is 1. The Bertz CT molecular complexity index is 764. The van der Waals surface area contributed by atoms with E-state index in [1.165, 1.54) is 16.9 Å². The summed E-state index contributed by atoms with van der Waals surface area (Å²) in [6.45, 7) is 2.15. The Labute approximate surface area is 152 Å². The number of nitrogens with zero attached hydrogens (tertiary/aromatic N) is 2. The average Bonchev–Trinajstić information content (AvgIpc) is 3.21. The maximum Gasteiger partial charge on any atom is 0.263 e. The van der Waals surface area contributed by atoms with Crippen molar-refractivity contribution in [3.05, 3.63) is 52.2 Å². The molecule has 1 aromatic carbocycles. The summed E-state index contributed by atoms with van der Waals surface area (Å²) in [6.07, 6.45) is 3.59. The highest BCUT2D eigenvalue weighted by Gasteiger charge is 2.32. The van der Waals surface area contributed by atoms with Crippen molar-refractivity contribution in [2.24, 2.45) is 5.92 Å². The van der Waals surface area contributed by atoms with Gasteiger partial charge in [-0.15, -0.1) is 11.3 Å². The lowest BCUT2D eigenvalue weighted by molar-refractivity contribution is -0.123. The highest BCUT2D eigenvalue weighted by Crippen LogP contribution is 2.30. The number of hydrogen-bond donors (Lipinski definition) is 0. The van der Waals surface area contributed by atoms with Crippen LogP contribution in [0.1, 0.15) is 34.5 Å². The smallest absolute Gasteiger partial charge is 0.263 e. The summed E-state index contributed by atoms with van der Waals surface area (Å²) in [5.41, 5.74) is 2.35. The number of benzene rings is 1. The summed E-state index contributed by atoms with van der Waals surface area (Å²) in [5, 5.41) is 1.93. The fourth-order valence-corrected chi connectivity index (χ4v) is 4.56. The fourth-order valence-electron chi connectivity index (χ4n) is 3.87. The number of anilines is 1. The van der Waals surface area contributed by atoms with Crippen LogP contribution in [0.5, 0.6) is 0 Å². The number of fused-ring (bicyclic) bond motifs is 1. The zero-order chi connectivity index (χ0) is 17.2. The fraction of sp³-hybridized carbons (Fsp3) is 0.400. The summed E-state index contributed by atoms with van der Waals surface area (Å²) < 4.78 is 0. The highest BCUT2D eigenvalue weighted by molar-refractivity contribution is 7.12. The largest absolute Gasteiger partial charge is 0.338 e. The first-order chi connectivity index (χ1) is 12.2. The van der Waals surface area contributed by atoms with Gasteiger partial charge in [0.2, 0.25) is 5.91 Å². The summed E-state index contributed by atoms with van der Waals surface area (Å²) in [4.78, 5) is 30.1. The first-order valence-corrected chi connectivity index (χ1v) is 9.84. The molecule has 0 atom stereocenters.